The molecule has 1 heterocycles. The van der Waals surface area contributed by atoms with Crippen molar-refractivity contribution < 1.29 is 18.7 Å². The molecule has 1 aromatic heterocycles. The number of hydrogen-bond donors (Lipinski definition) is 0. The van der Waals surface area contributed by atoms with Crippen LogP contribution in [0.3, 0.4) is 0 Å². The third kappa shape index (κ3) is 6.36. The number of esters is 1. The molecular weight excluding hydrogens is 342 g/mol. The van der Waals surface area contributed by atoms with E-state index in [2.05, 4.69) is 23.7 Å². The molecule has 0 radical (unpaired) electrons. The number of aromatic nitrogens is 1. The Morgan fingerprint density at radius 1 is 1.40 bits per heavy atom. The van der Waals surface area contributed by atoms with Gasteiger partial charge in [-0.25, -0.2) is 4.98 Å². The second-order valence-corrected chi connectivity index (χ2v) is 5.82. The quantitative estimate of drug-likeness (QED) is 0.268. The third-order valence-electron chi connectivity index (χ3n) is 3.54. The molecular formula is C19H22ClNO4. The van der Waals surface area contributed by atoms with E-state index in [-0.39, 0.29) is 12.0 Å². The molecule has 0 fully saturated rings. The second kappa shape index (κ2) is 10.0. The van der Waals surface area contributed by atoms with Crippen molar-refractivity contribution in [2.75, 3.05) is 0 Å². The molecule has 0 saturated heterocycles. The molecule has 134 valence electrons. The molecule has 2 rings (SSSR count). The van der Waals surface area contributed by atoms with E-state index < -0.39 is 12.3 Å². The monoisotopic (exact) mass is 363 g/mol. The van der Waals surface area contributed by atoms with E-state index in [9.17, 15) is 4.79 Å². The number of benzene rings is 1. The predicted octanol–water partition coefficient (Wildman–Crippen LogP) is 4.57. The average Bonchev–Trinajstić information content (AvgIpc) is 3.09. The Labute approximate surface area is 152 Å². The molecule has 0 aliphatic rings. The first-order valence-corrected chi connectivity index (χ1v) is 8.63. The van der Waals surface area contributed by atoms with Crippen LogP contribution in [0.25, 0.3) is 0 Å². The van der Waals surface area contributed by atoms with Crippen molar-refractivity contribution in [2.24, 2.45) is 0 Å². The Hall–Kier alpha value is -2.11. The largest absolute Gasteiger partial charge is 0.447 e. The summed E-state index contributed by atoms with van der Waals surface area (Å²) in [5.74, 6) is 0.0273. The number of halogens is 1. The number of rotatable bonds is 10. The molecule has 1 aromatic carbocycles. The summed E-state index contributed by atoms with van der Waals surface area (Å²) in [7, 11) is 0. The average molecular weight is 364 g/mol. The molecule has 1 unspecified atom stereocenters. The molecule has 2 atom stereocenters. The van der Waals surface area contributed by atoms with Crippen LogP contribution >= 0.6 is 11.6 Å². The Balaban J connectivity index is 2.05. The number of nitrogens with zero attached hydrogens (tertiary/aromatic N) is 1. The molecule has 2 aromatic rings. The Morgan fingerprint density at radius 3 is 2.76 bits per heavy atom. The summed E-state index contributed by atoms with van der Waals surface area (Å²) in [5, 5.41) is 0. The number of alkyl halides is 1. The number of carbonyl (C=O) groups is 1. The maximum Gasteiger partial charge on any atom is 0.305 e. The van der Waals surface area contributed by atoms with Gasteiger partial charge in [-0.3, -0.25) is 4.79 Å². The van der Waals surface area contributed by atoms with Crippen LogP contribution in [0.15, 0.2) is 53.7 Å². The van der Waals surface area contributed by atoms with Gasteiger partial charge in [0.15, 0.2) is 0 Å². The summed E-state index contributed by atoms with van der Waals surface area (Å²) in [6, 6.07) is 10.1. The fourth-order valence-electron chi connectivity index (χ4n) is 2.38. The third-order valence-corrected chi connectivity index (χ3v) is 3.77. The number of hydrogen-bond acceptors (Lipinski definition) is 5. The van der Waals surface area contributed by atoms with Gasteiger partial charge in [0.1, 0.15) is 12.0 Å². The van der Waals surface area contributed by atoms with Gasteiger partial charge in [0.05, 0.1) is 12.0 Å². The van der Waals surface area contributed by atoms with Gasteiger partial charge in [-0.2, -0.15) is 0 Å². The van der Waals surface area contributed by atoms with Crippen LogP contribution in [0.1, 0.15) is 43.2 Å². The van der Waals surface area contributed by atoms with E-state index in [1.165, 1.54) is 18.8 Å². The first-order chi connectivity index (χ1) is 12.1. The van der Waals surface area contributed by atoms with Crippen molar-refractivity contribution in [1.82, 2.24) is 4.98 Å². The lowest BCUT2D eigenvalue weighted by molar-refractivity contribution is -0.192. The van der Waals surface area contributed by atoms with Crippen LogP contribution in [0.2, 0.25) is 0 Å². The zero-order valence-electron chi connectivity index (χ0n) is 14.2. The van der Waals surface area contributed by atoms with Crippen LogP contribution in [-0.4, -0.2) is 17.1 Å². The number of ether oxygens (including phenoxy) is 2. The summed E-state index contributed by atoms with van der Waals surface area (Å²) in [6.45, 7) is 5.10. The summed E-state index contributed by atoms with van der Waals surface area (Å²) in [6.07, 6.45) is 4.31. The van der Waals surface area contributed by atoms with E-state index in [1.54, 1.807) is 6.08 Å². The zero-order valence-corrected chi connectivity index (χ0v) is 14.9. The first kappa shape index (κ1) is 19.2. The number of aryl methyl sites for hydroxylation is 1. The van der Waals surface area contributed by atoms with Gasteiger partial charge in [-0.05, 0) is 24.8 Å². The molecule has 0 spiro atoms. The van der Waals surface area contributed by atoms with Crippen molar-refractivity contribution in [3.63, 3.8) is 0 Å². The maximum atomic E-state index is 11.4. The minimum Gasteiger partial charge on any atom is -0.447 e. The standard InChI is InChI=1S/C19H22ClNO4/c1-3-7-16(11-10-15-8-5-4-6-9-15)25-19(24-14(2)22)17-13-23-18(12-20)21-17/h3-6,8-9,13,16,19H,1,7,10-12H2,2H3/t16-,19?/m0/s1. The van der Waals surface area contributed by atoms with E-state index in [0.29, 0.717) is 18.0 Å². The highest BCUT2D eigenvalue weighted by atomic mass is 35.5. The fourth-order valence-corrected chi connectivity index (χ4v) is 2.50. The topological polar surface area (TPSA) is 61.6 Å². The summed E-state index contributed by atoms with van der Waals surface area (Å²) in [5.41, 5.74) is 1.61. The molecule has 0 amide bonds. The van der Waals surface area contributed by atoms with Crippen LogP contribution in [-0.2, 0) is 26.6 Å². The van der Waals surface area contributed by atoms with Crippen LogP contribution in [0.4, 0.5) is 0 Å². The second-order valence-electron chi connectivity index (χ2n) is 5.55. The molecule has 25 heavy (non-hydrogen) atoms. The molecule has 5 nitrogen and oxygen atoms in total. The van der Waals surface area contributed by atoms with Gasteiger partial charge < -0.3 is 13.9 Å². The lowest BCUT2D eigenvalue weighted by Crippen LogP contribution is -2.21. The molecule has 0 bridgehead atoms. The van der Waals surface area contributed by atoms with Crippen molar-refractivity contribution in [3.05, 3.63) is 66.4 Å². The van der Waals surface area contributed by atoms with E-state index in [1.807, 2.05) is 18.2 Å². The van der Waals surface area contributed by atoms with Gasteiger partial charge in [0, 0.05) is 6.92 Å². The summed E-state index contributed by atoms with van der Waals surface area (Å²) >= 11 is 5.71. The van der Waals surface area contributed by atoms with E-state index in [0.717, 1.165) is 12.8 Å². The highest BCUT2D eigenvalue weighted by Crippen LogP contribution is 2.24. The number of oxazole rings is 1. The lowest BCUT2D eigenvalue weighted by atomic mass is 10.0. The molecule has 6 heteroatoms. The molecule has 0 aliphatic carbocycles. The van der Waals surface area contributed by atoms with Gasteiger partial charge >= 0.3 is 5.97 Å². The van der Waals surface area contributed by atoms with Gasteiger partial charge in [0.2, 0.25) is 12.2 Å². The zero-order chi connectivity index (χ0) is 18.1. The fraction of sp³-hybridized carbons (Fsp3) is 0.368. The van der Waals surface area contributed by atoms with Crippen molar-refractivity contribution in [2.45, 2.75) is 44.5 Å². The highest BCUT2D eigenvalue weighted by molar-refractivity contribution is 6.16. The SMILES string of the molecule is C=CC[C@@H](CCc1ccccc1)OC(OC(C)=O)c1coc(CCl)n1. The predicted molar refractivity (Wildman–Crippen MR) is 95.0 cm³/mol. The van der Waals surface area contributed by atoms with Gasteiger partial charge in [0.25, 0.3) is 0 Å². The molecule has 0 saturated carbocycles. The van der Waals surface area contributed by atoms with Crippen LogP contribution < -0.4 is 0 Å². The van der Waals surface area contributed by atoms with E-state index in [4.69, 9.17) is 25.5 Å². The summed E-state index contributed by atoms with van der Waals surface area (Å²) < 4.78 is 16.5. The normalized spacial score (nSPS) is 13.2. The van der Waals surface area contributed by atoms with Crippen LogP contribution in [0, 0.1) is 0 Å². The van der Waals surface area contributed by atoms with Gasteiger partial charge in [-0.15, -0.1) is 18.2 Å². The Kier molecular flexibility index (Phi) is 7.70. The minimum absolute atomic E-state index is 0.136. The minimum atomic E-state index is -0.932. The van der Waals surface area contributed by atoms with Crippen molar-refractivity contribution in [1.29, 1.82) is 0 Å². The van der Waals surface area contributed by atoms with Crippen LogP contribution in [0.5, 0.6) is 0 Å². The van der Waals surface area contributed by atoms with Crippen molar-refractivity contribution >= 4 is 17.6 Å². The molecule has 0 N–H and O–H groups in total. The van der Waals surface area contributed by atoms with E-state index >= 15 is 0 Å². The number of carbonyl (C=O) groups excluding carboxylic acids is 1. The molecule has 0 aliphatic heterocycles. The Bertz CT molecular complexity index is 671. The Morgan fingerprint density at radius 2 is 2.16 bits per heavy atom. The van der Waals surface area contributed by atoms with Gasteiger partial charge in [-0.1, -0.05) is 36.4 Å². The summed E-state index contributed by atoms with van der Waals surface area (Å²) in [4.78, 5) is 15.6. The smallest absolute Gasteiger partial charge is 0.305 e. The highest BCUT2D eigenvalue weighted by Gasteiger charge is 2.24. The lowest BCUT2D eigenvalue weighted by Gasteiger charge is -2.22. The van der Waals surface area contributed by atoms with Crippen molar-refractivity contribution in [3.8, 4) is 0 Å². The first-order valence-electron chi connectivity index (χ1n) is 8.10. The maximum absolute atomic E-state index is 11.4.